The van der Waals surface area contributed by atoms with Crippen LogP contribution < -0.4 is 5.32 Å². The molecule has 0 bridgehead atoms. The van der Waals surface area contributed by atoms with Crippen molar-refractivity contribution in [3.05, 3.63) is 71.0 Å². The fourth-order valence-corrected chi connectivity index (χ4v) is 2.83. The molecule has 0 aromatic heterocycles. The maximum Gasteiger partial charge on any atom is 0.331 e. The van der Waals surface area contributed by atoms with E-state index in [9.17, 15) is 14.0 Å². The number of benzene rings is 2. The van der Waals surface area contributed by atoms with Gasteiger partial charge in [0.15, 0.2) is 6.61 Å². The molecule has 2 aromatic rings. The molecule has 0 radical (unpaired) electrons. The highest BCUT2D eigenvalue weighted by Crippen LogP contribution is 2.32. The van der Waals surface area contributed by atoms with Crippen LogP contribution in [0.3, 0.4) is 0 Å². The molecule has 0 aliphatic carbocycles. The summed E-state index contributed by atoms with van der Waals surface area (Å²) in [4.78, 5) is 24.1. The van der Waals surface area contributed by atoms with Crippen LogP contribution in [0.4, 0.5) is 10.1 Å². The first kappa shape index (κ1) is 21.4. The molecule has 28 heavy (non-hydrogen) atoms. The highest BCUT2D eigenvalue weighted by Gasteiger charge is 2.16. The number of para-hydroxylation sites is 1. The van der Waals surface area contributed by atoms with Crippen molar-refractivity contribution in [2.45, 2.75) is 39.5 Å². The van der Waals surface area contributed by atoms with Crippen LogP contribution in [0, 0.1) is 5.82 Å². The quantitative estimate of drug-likeness (QED) is 0.524. The Labute approximate surface area is 165 Å². The van der Waals surface area contributed by atoms with Gasteiger partial charge in [-0.1, -0.05) is 58.0 Å². The Morgan fingerprint density at radius 1 is 1.04 bits per heavy atom. The normalized spacial score (nSPS) is 11.2. The Morgan fingerprint density at radius 2 is 1.64 bits per heavy atom. The summed E-state index contributed by atoms with van der Waals surface area (Å²) in [5, 5.41) is 2.89. The molecule has 0 unspecified atom stereocenters. The van der Waals surface area contributed by atoms with E-state index in [1.165, 1.54) is 24.3 Å². The van der Waals surface area contributed by atoms with Crippen LogP contribution in [-0.4, -0.2) is 18.5 Å². The van der Waals surface area contributed by atoms with Crippen molar-refractivity contribution in [1.29, 1.82) is 0 Å². The lowest BCUT2D eigenvalue weighted by atomic mass is 9.92. The van der Waals surface area contributed by atoms with Gasteiger partial charge in [-0.25, -0.2) is 9.18 Å². The highest BCUT2D eigenvalue weighted by atomic mass is 19.1. The van der Waals surface area contributed by atoms with Crippen LogP contribution in [0.15, 0.2) is 48.5 Å². The minimum absolute atomic E-state index is 0.241. The molecular formula is C23H26FNO3. The first-order valence-corrected chi connectivity index (χ1v) is 9.31. The number of carbonyl (C=O) groups is 2. The monoisotopic (exact) mass is 383 g/mol. The number of carbonyl (C=O) groups excluding carboxylic acids is 2. The molecule has 1 amide bonds. The predicted molar refractivity (Wildman–Crippen MR) is 110 cm³/mol. The zero-order chi connectivity index (χ0) is 20.7. The van der Waals surface area contributed by atoms with E-state index in [-0.39, 0.29) is 17.7 Å². The third-order valence-electron chi connectivity index (χ3n) is 4.24. The standard InChI is InChI=1S/C23H26FNO3/c1-15(2)19-9-6-10-20(16(3)4)23(19)25-21(26)14-28-22(27)12-11-17-7-5-8-18(24)13-17/h5-13,15-16H,14H2,1-4H3,(H,25,26)/b12-11+. The maximum absolute atomic E-state index is 13.1. The van der Waals surface area contributed by atoms with E-state index in [1.54, 1.807) is 12.1 Å². The smallest absolute Gasteiger partial charge is 0.331 e. The van der Waals surface area contributed by atoms with Gasteiger partial charge in [-0.3, -0.25) is 4.79 Å². The first-order valence-electron chi connectivity index (χ1n) is 9.31. The number of hydrogen-bond donors (Lipinski definition) is 1. The largest absolute Gasteiger partial charge is 0.452 e. The predicted octanol–water partition coefficient (Wildman–Crippen LogP) is 5.27. The van der Waals surface area contributed by atoms with Crippen molar-refractivity contribution in [1.82, 2.24) is 0 Å². The van der Waals surface area contributed by atoms with Gasteiger partial charge in [0.25, 0.3) is 5.91 Å². The van der Waals surface area contributed by atoms with Gasteiger partial charge in [-0.2, -0.15) is 0 Å². The van der Waals surface area contributed by atoms with Gasteiger partial charge in [-0.15, -0.1) is 0 Å². The summed E-state index contributed by atoms with van der Waals surface area (Å²) in [6.07, 6.45) is 2.61. The highest BCUT2D eigenvalue weighted by molar-refractivity contribution is 5.96. The Morgan fingerprint density at radius 3 is 2.21 bits per heavy atom. The number of hydrogen-bond acceptors (Lipinski definition) is 3. The van der Waals surface area contributed by atoms with Crippen molar-refractivity contribution >= 4 is 23.6 Å². The van der Waals surface area contributed by atoms with Gasteiger partial charge in [0.2, 0.25) is 0 Å². The Hall–Kier alpha value is -2.95. The maximum atomic E-state index is 13.1. The average molecular weight is 383 g/mol. The summed E-state index contributed by atoms with van der Waals surface area (Å²) in [5.74, 6) is -0.973. The molecular weight excluding hydrogens is 357 g/mol. The minimum Gasteiger partial charge on any atom is -0.452 e. The SMILES string of the molecule is CC(C)c1cccc(C(C)C)c1NC(=O)COC(=O)/C=C/c1cccc(F)c1. The Bertz CT molecular complexity index is 846. The molecule has 0 saturated carbocycles. The number of anilines is 1. The van der Waals surface area contributed by atoms with Gasteiger partial charge in [-0.05, 0) is 46.7 Å². The summed E-state index contributed by atoms with van der Waals surface area (Å²) in [5.41, 5.74) is 3.39. The van der Waals surface area contributed by atoms with E-state index in [2.05, 4.69) is 33.0 Å². The lowest BCUT2D eigenvalue weighted by molar-refractivity contribution is -0.142. The summed E-state index contributed by atoms with van der Waals surface area (Å²) < 4.78 is 18.1. The molecule has 0 fully saturated rings. The number of nitrogens with one attached hydrogen (secondary N) is 1. The molecule has 0 aliphatic rings. The zero-order valence-corrected chi connectivity index (χ0v) is 16.7. The van der Waals surface area contributed by atoms with Crippen LogP contribution >= 0.6 is 0 Å². The number of ether oxygens (including phenoxy) is 1. The summed E-state index contributed by atoms with van der Waals surface area (Å²) in [6, 6.07) is 11.8. The number of rotatable bonds is 7. The number of amides is 1. The van der Waals surface area contributed by atoms with E-state index >= 15 is 0 Å². The lowest BCUT2D eigenvalue weighted by Gasteiger charge is -2.20. The van der Waals surface area contributed by atoms with Gasteiger partial charge in [0, 0.05) is 11.8 Å². The zero-order valence-electron chi connectivity index (χ0n) is 16.7. The molecule has 1 N–H and O–H groups in total. The summed E-state index contributed by atoms with van der Waals surface area (Å²) in [6.45, 7) is 7.85. The molecule has 0 aliphatic heterocycles. The molecule has 4 nitrogen and oxygen atoms in total. The second-order valence-corrected chi connectivity index (χ2v) is 7.17. The van der Waals surface area contributed by atoms with Gasteiger partial charge in [0.1, 0.15) is 5.82 Å². The van der Waals surface area contributed by atoms with Crippen LogP contribution in [0.5, 0.6) is 0 Å². The molecule has 2 aromatic carbocycles. The van der Waals surface area contributed by atoms with Crippen molar-refractivity contribution in [3.63, 3.8) is 0 Å². The molecule has 0 saturated heterocycles. The number of halogens is 1. The Kier molecular flexibility index (Phi) is 7.50. The van der Waals surface area contributed by atoms with Crippen LogP contribution in [0.1, 0.15) is 56.2 Å². The number of esters is 1. The van der Waals surface area contributed by atoms with E-state index < -0.39 is 18.5 Å². The van der Waals surface area contributed by atoms with Crippen LogP contribution in [-0.2, 0) is 14.3 Å². The molecule has 148 valence electrons. The fourth-order valence-electron chi connectivity index (χ4n) is 2.83. The fraction of sp³-hybridized carbons (Fsp3) is 0.304. The van der Waals surface area contributed by atoms with Crippen molar-refractivity contribution < 1.29 is 18.7 Å². The van der Waals surface area contributed by atoms with Gasteiger partial charge >= 0.3 is 5.97 Å². The van der Waals surface area contributed by atoms with E-state index in [0.29, 0.717) is 5.56 Å². The van der Waals surface area contributed by atoms with Crippen molar-refractivity contribution in [2.24, 2.45) is 0 Å². The molecule has 2 rings (SSSR count). The third kappa shape index (κ3) is 6.05. The summed E-state index contributed by atoms with van der Waals surface area (Å²) >= 11 is 0. The lowest BCUT2D eigenvalue weighted by Crippen LogP contribution is -2.22. The molecule has 0 atom stereocenters. The Balaban J connectivity index is 2.00. The third-order valence-corrected chi connectivity index (χ3v) is 4.24. The van der Waals surface area contributed by atoms with Gasteiger partial charge in [0.05, 0.1) is 0 Å². The molecule has 0 heterocycles. The first-order chi connectivity index (χ1) is 13.3. The summed E-state index contributed by atoms with van der Waals surface area (Å²) in [7, 11) is 0. The van der Waals surface area contributed by atoms with Gasteiger partial charge < -0.3 is 10.1 Å². The topological polar surface area (TPSA) is 55.4 Å². The second-order valence-electron chi connectivity index (χ2n) is 7.17. The van der Waals surface area contributed by atoms with Crippen molar-refractivity contribution in [3.8, 4) is 0 Å². The van der Waals surface area contributed by atoms with E-state index in [0.717, 1.165) is 16.8 Å². The van der Waals surface area contributed by atoms with Crippen molar-refractivity contribution in [2.75, 3.05) is 11.9 Å². The minimum atomic E-state index is -0.666. The van der Waals surface area contributed by atoms with Crippen LogP contribution in [0.25, 0.3) is 6.08 Å². The molecule has 5 heteroatoms. The van der Waals surface area contributed by atoms with E-state index in [4.69, 9.17) is 4.74 Å². The van der Waals surface area contributed by atoms with E-state index in [1.807, 2.05) is 18.2 Å². The molecule has 0 spiro atoms. The second kappa shape index (κ2) is 9.83. The van der Waals surface area contributed by atoms with Crippen LogP contribution in [0.2, 0.25) is 0 Å². The average Bonchev–Trinajstić information content (AvgIpc) is 2.64.